The quantitative estimate of drug-likeness (QED) is 0.183. The number of hydrogen-bond donors (Lipinski definition) is 0. The molecule has 0 saturated heterocycles. The van der Waals surface area contributed by atoms with Gasteiger partial charge in [-0.1, -0.05) is 37.6 Å². The van der Waals surface area contributed by atoms with E-state index in [9.17, 15) is 9.59 Å². The minimum absolute atomic E-state index is 0.130. The van der Waals surface area contributed by atoms with Gasteiger partial charge in [-0.3, -0.25) is 4.79 Å². The Balaban J connectivity index is 1.98. The van der Waals surface area contributed by atoms with Gasteiger partial charge in [0, 0.05) is 23.3 Å². The van der Waals surface area contributed by atoms with Gasteiger partial charge in [-0.2, -0.15) is 0 Å². The first-order valence-corrected chi connectivity index (χ1v) is 10.5. The number of rotatable bonds is 10. The van der Waals surface area contributed by atoms with Gasteiger partial charge in [0.2, 0.25) is 0 Å². The van der Waals surface area contributed by atoms with Crippen LogP contribution in [0.15, 0.2) is 46.9 Å². The van der Waals surface area contributed by atoms with Gasteiger partial charge < -0.3 is 13.9 Å². The number of carbonyl (C=O) groups is 2. The summed E-state index contributed by atoms with van der Waals surface area (Å²) >= 11 is 5.62. The van der Waals surface area contributed by atoms with Crippen molar-refractivity contribution in [2.24, 2.45) is 0 Å². The van der Waals surface area contributed by atoms with Crippen LogP contribution in [-0.2, 0) is 22.5 Å². The van der Waals surface area contributed by atoms with Gasteiger partial charge in [0.15, 0.2) is 5.78 Å². The first kappa shape index (κ1) is 22.1. The number of unbranched alkanes of at least 4 members (excludes halogenated alkanes) is 1. The Morgan fingerprint density at radius 2 is 1.80 bits per heavy atom. The standard InChI is InChI=1S/C24H25ClO5/c1-3-4-5-21-22(19-14-18(24(27)28-2)10-11-20(19)30-21)23(26)17-8-6-16(7-9-17)15-29-13-12-25/h6-11,14H,3-5,12-13,15H2,1-2H3. The highest BCUT2D eigenvalue weighted by Gasteiger charge is 2.23. The molecule has 30 heavy (non-hydrogen) atoms. The first-order chi connectivity index (χ1) is 14.6. The SMILES string of the molecule is CCCCc1oc2ccc(C(=O)OC)cc2c1C(=O)c1ccc(COCCCl)cc1. The van der Waals surface area contributed by atoms with Crippen LogP contribution >= 0.6 is 11.6 Å². The van der Waals surface area contributed by atoms with Crippen LogP contribution in [0.2, 0.25) is 0 Å². The number of alkyl halides is 1. The van der Waals surface area contributed by atoms with E-state index in [1.165, 1.54) is 7.11 Å². The highest BCUT2D eigenvalue weighted by atomic mass is 35.5. The normalized spacial score (nSPS) is 11.0. The van der Waals surface area contributed by atoms with E-state index in [2.05, 4.69) is 6.92 Å². The molecular formula is C24H25ClO5. The second kappa shape index (κ2) is 10.4. The molecule has 0 spiro atoms. The molecule has 0 unspecified atom stereocenters. The summed E-state index contributed by atoms with van der Waals surface area (Å²) in [5.74, 6) is 0.509. The summed E-state index contributed by atoms with van der Waals surface area (Å²) in [6.45, 7) is 3.01. The lowest BCUT2D eigenvalue weighted by Crippen LogP contribution is -2.05. The highest BCUT2D eigenvalue weighted by molar-refractivity contribution is 6.18. The third-order valence-electron chi connectivity index (χ3n) is 4.87. The number of ether oxygens (including phenoxy) is 2. The second-order valence-corrected chi connectivity index (χ2v) is 7.35. The molecule has 0 aliphatic carbocycles. The molecule has 0 N–H and O–H groups in total. The van der Waals surface area contributed by atoms with Gasteiger partial charge in [0.05, 0.1) is 31.5 Å². The smallest absolute Gasteiger partial charge is 0.337 e. The minimum Gasteiger partial charge on any atom is -0.465 e. The number of halogens is 1. The van der Waals surface area contributed by atoms with Crippen molar-refractivity contribution in [2.45, 2.75) is 32.8 Å². The number of fused-ring (bicyclic) bond motifs is 1. The maximum absolute atomic E-state index is 13.4. The molecule has 3 aromatic rings. The summed E-state index contributed by atoms with van der Waals surface area (Å²) in [5, 5.41) is 0.628. The van der Waals surface area contributed by atoms with E-state index in [-0.39, 0.29) is 5.78 Å². The lowest BCUT2D eigenvalue weighted by Gasteiger charge is -2.06. The van der Waals surface area contributed by atoms with E-state index < -0.39 is 5.97 Å². The van der Waals surface area contributed by atoms with E-state index in [4.69, 9.17) is 25.5 Å². The molecule has 158 valence electrons. The molecule has 0 radical (unpaired) electrons. The Bertz CT molecular complexity index is 1020. The zero-order chi connectivity index (χ0) is 21.5. The molecule has 0 aliphatic heterocycles. The molecule has 0 bridgehead atoms. The molecule has 0 aliphatic rings. The summed E-state index contributed by atoms with van der Waals surface area (Å²) in [4.78, 5) is 25.4. The number of furan rings is 1. The lowest BCUT2D eigenvalue weighted by atomic mass is 9.97. The number of aryl methyl sites for hydroxylation is 1. The van der Waals surface area contributed by atoms with Gasteiger partial charge in [-0.15, -0.1) is 11.6 Å². The van der Waals surface area contributed by atoms with Crippen molar-refractivity contribution >= 4 is 34.3 Å². The molecule has 3 rings (SSSR count). The van der Waals surface area contributed by atoms with Crippen LogP contribution in [0.5, 0.6) is 0 Å². The Kier molecular flexibility index (Phi) is 7.66. The molecule has 0 atom stereocenters. The molecule has 1 aromatic heterocycles. The summed E-state index contributed by atoms with van der Waals surface area (Å²) in [6.07, 6.45) is 2.54. The molecular weight excluding hydrogens is 404 g/mol. The molecule has 6 heteroatoms. The number of carbonyl (C=O) groups excluding carboxylic acids is 2. The van der Waals surface area contributed by atoms with Crippen LogP contribution in [0.1, 0.15) is 57.4 Å². The van der Waals surface area contributed by atoms with Crippen molar-refractivity contribution in [3.63, 3.8) is 0 Å². The molecule has 0 saturated carbocycles. The van der Waals surface area contributed by atoms with Crippen LogP contribution in [0, 0.1) is 0 Å². The Labute approximate surface area is 180 Å². The fourth-order valence-electron chi connectivity index (χ4n) is 3.30. The van der Waals surface area contributed by atoms with Gasteiger partial charge >= 0.3 is 5.97 Å². The zero-order valence-corrected chi connectivity index (χ0v) is 18.0. The van der Waals surface area contributed by atoms with Crippen molar-refractivity contribution in [2.75, 3.05) is 19.6 Å². The van der Waals surface area contributed by atoms with Gasteiger partial charge in [-0.05, 0) is 30.2 Å². The molecule has 5 nitrogen and oxygen atoms in total. The predicted octanol–water partition coefficient (Wildman–Crippen LogP) is 5.55. The third-order valence-corrected chi connectivity index (χ3v) is 5.03. The Hall–Kier alpha value is -2.63. The number of hydrogen-bond acceptors (Lipinski definition) is 5. The van der Waals surface area contributed by atoms with Crippen molar-refractivity contribution in [1.29, 1.82) is 0 Å². The highest BCUT2D eigenvalue weighted by Crippen LogP contribution is 2.30. The second-order valence-electron chi connectivity index (χ2n) is 6.97. The van der Waals surface area contributed by atoms with E-state index in [1.807, 2.05) is 12.1 Å². The van der Waals surface area contributed by atoms with E-state index >= 15 is 0 Å². The van der Waals surface area contributed by atoms with Crippen molar-refractivity contribution in [1.82, 2.24) is 0 Å². The zero-order valence-electron chi connectivity index (χ0n) is 17.2. The largest absolute Gasteiger partial charge is 0.465 e. The Morgan fingerprint density at radius 1 is 1.07 bits per heavy atom. The Morgan fingerprint density at radius 3 is 2.47 bits per heavy atom. The van der Waals surface area contributed by atoms with E-state index in [1.54, 1.807) is 30.3 Å². The average molecular weight is 429 g/mol. The molecule has 1 heterocycles. The molecule has 0 fully saturated rings. The summed E-state index contributed by atoms with van der Waals surface area (Å²) < 4.78 is 16.2. The van der Waals surface area contributed by atoms with Crippen LogP contribution in [0.4, 0.5) is 0 Å². The summed E-state index contributed by atoms with van der Waals surface area (Å²) in [7, 11) is 1.33. The summed E-state index contributed by atoms with van der Waals surface area (Å²) in [5.41, 5.74) is 3.00. The lowest BCUT2D eigenvalue weighted by molar-refractivity contribution is 0.0600. The van der Waals surface area contributed by atoms with Gasteiger partial charge in [0.1, 0.15) is 11.3 Å². The average Bonchev–Trinajstić information content (AvgIpc) is 3.14. The number of benzene rings is 2. The van der Waals surface area contributed by atoms with E-state index in [0.29, 0.717) is 58.9 Å². The minimum atomic E-state index is -0.451. The first-order valence-electron chi connectivity index (χ1n) is 10.00. The molecule has 2 aromatic carbocycles. The number of methoxy groups -OCH3 is 1. The monoisotopic (exact) mass is 428 g/mol. The summed E-state index contributed by atoms with van der Waals surface area (Å²) in [6, 6.07) is 12.3. The van der Waals surface area contributed by atoms with Crippen molar-refractivity contribution in [3.05, 3.63) is 70.5 Å². The number of esters is 1. The van der Waals surface area contributed by atoms with Crippen molar-refractivity contribution < 1.29 is 23.5 Å². The maximum Gasteiger partial charge on any atom is 0.337 e. The van der Waals surface area contributed by atoms with Crippen LogP contribution in [0.3, 0.4) is 0 Å². The molecule has 0 amide bonds. The number of ketones is 1. The topological polar surface area (TPSA) is 65.7 Å². The van der Waals surface area contributed by atoms with Crippen LogP contribution in [0.25, 0.3) is 11.0 Å². The van der Waals surface area contributed by atoms with Crippen molar-refractivity contribution in [3.8, 4) is 0 Å². The van der Waals surface area contributed by atoms with Crippen LogP contribution in [-0.4, -0.2) is 31.3 Å². The predicted molar refractivity (Wildman–Crippen MR) is 116 cm³/mol. The van der Waals surface area contributed by atoms with Gasteiger partial charge in [-0.25, -0.2) is 4.79 Å². The van der Waals surface area contributed by atoms with E-state index in [0.717, 1.165) is 18.4 Å². The third kappa shape index (κ3) is 4.91. The maximum atomic E-state index is 13.4. The fraction of sp³-hybridized carbons (Fsp3) is 0.333. The van der Waals surface area contributed by atoms with Crippen LogP contribution < -0.4 is 0 Å². The fourth-order valence-corrected chi connectivity index (χ4v) is 3.41. The van der Waals surface area contributed by atoms with Gasteiger partial charge in [0.25, 0.3) is 0 Å².